The normalized spacial score (nSPS) is 10.7. The van der Waals surface area contributed by atoms with Crippen molar-refractivity contribution in [1.82, 2.24) is 5.43 Å². The van der Waals surface area contributed by atoms with Gasteiger partial charge in [-0.1, -0.05) is 12.1 Å². The lowest BCUT2D eigenvalue weighted by Gasteiger charge is -2.09. The smallest absolute Gasteiger partial charge is 0.277 e. The lowest BCUT2D eigenvalue weighted by atomic mass is 10.1. The van der Waals surface area contributed by atoms with Crippen LogP contribution in [0.1, 0.15) is 16.7 Å². The number of ether oxygens (including phenoxy) is 1. The minimum atomic E-state index is -0.599. The summed E-state index contributed by atoms with van der Waals surface area (Å²) in [7, 11) is 0. The van der Waals surface area contributed by atoms with Crippen molar-refractivity contribution in [2.24, 2.45) is 5.10 Å². The van der Waals surface area contributed by atoms with E-state index in [2.05, 4.69) is 26.5 Å². The minimum absolute atomic E-state index is 0.0850. The molecular weight excluding hydrogens is 406 g/mol. The largest absolute Gasteiger partial charge is 0.506 e. The predicted octanol–water partition coefficient (Wildman–Crippen LogP) is 3.21. The molecule has 0 radical (unpaired) electrons. The first-order chi connectivity index (χ1) is 12.3. The van der Waals surface area contributed by atoms with Crippen LogP contribution in [0.3, 0.4) is 0 Å². The van der Waals surface area contributed by atoms with Crippen LogP contribution in [0.2, 0.25) is 0 Å². The number of carbonyl (C=O) groups is 1. The van der Waals surface area contributed by atoms with Gasteiger partial charge in [0.1, 0.15) is 11.5 Å². The first-order valence-electron chi connectivity index (χ1n) is 7.47. The van der Waals surface area contributed by atoms with Crippen LogP contribution in [0.5, 0.6) is 11.5 Å². The average Bonchev–Trinajstić information content (AvgIpc) is 2.59. The van der Waals surface area contributed by atoms with E-state index in [1.165, 1.54) is 6.07 Å². The Morgan fingerprint density at radius 1 is 1.42 bits per heavy atom. The third-order valence-electron chi connectivity index (χ3n) is 3.60. The monoisotopic (exact) mass is 421 g/mol. The van der Waals surface area contributed by atoms with Crippen LogP contribution in [0, 0.1) is 24.0 Å². The summed E-state index contributed by atoms with van der Waals surface area (Å²) in [5, 5.41) is 24.4. The number of amides is 1. The summed E-state index contributed by atoms with van der Waals surface area (Å²) in [5.74, 6) is -0.129. The minimum Gasteiger partial charge on any atom is -0.506 e. The Balaban J connectivity index is 1.99. The number of aromatic hydroxyl groups is 1. The van der Waals surface area contributed by atoms with Crippen molar-refractivity contribution in [1.29, 1.82) is 0 Å². The maximum atomic E-state index is 11.8. The molecule has 0 spiro atoms. The number of carbonyl (C=O) groups excluding carboxylic acids is 1. The summed E-state index contributed by atoms with van der Waals surface area (Å²) in [6, 6.07) is 7.84. The number of nitro benzene ring substituents is 1. The van der Waals surface area contributed by atoms with Crippen LogP contribution in [-0.4, -0.2) is 28.8 Å². The van der Waals surface area contributed by atoms with E-state index in [-0.39, 0.29) is 28.1 Å². The number of hydrogen-bond donors (Lipinski definition) is 2. The molecule has 1 amide bonds. The molecule has 2 aromatic carbocycles. The Bertz CT molecular complexity index is 883. The fourth-order valence-corrected chi connectivity index (χ4v) is 2.50. The number of benzene rings is 2. The van der Waals surface area contributed by atoms with E-state index >= 15 is 0 Å². The van der Waals surface area contributed by atoms with Gasteiger partial charge < -0.3 is 9.84 Å². The van der Waals surface area contributed by atoms with Crippen molar-refractivity contribution < 1.29 is 19.6 Å². The molecule has 0 atom stereocenters. The summed E-state index contributed by atoms with van der Waals surface area (Å²) < 4.78 is 5.59. The molecule has 0 aliphatic rings. The lowest BCUT2D eigenvalue weighted by Crippen LogP contribution is -2.24. The number of rotatable bonds is 6. The van der Waals surface area contributed by atoms with Crippen LogP contribution >= 0.6 is 15.9 Å². The molecule has 0 aromatic heterocycles. The van der Waals surface area contributed by atoms with E-state index in [4.69, 9.17) is 4.74 Å². The topological polar surface area (TPSA) is 114 Å². The number of phenolic OH excluding ortho intramolecular Hbond substituents is 1. The third kappa shape index (κ3) is 4.79. The average molecular weight is 422 g/mol. The van der Waals surface area contributed by atoms with Gasteiger partial charge in [0.2, 0.25) is 0 Å². The molecule has 2 aromatic rings. The first kappa shape index (κ1) is 19.4. The van der Waals surface area contributed by atoms with Gasteiger partial charge in [-0.05, 0) is 47.0 Å². The second-order valence-corrected chi connectivity index (χ2v) is 6.26. The van der Waals surface area contributed by atoms with Crippen LogP contribution in [0.4, 0.5) is 5.69 Å². The van der Waals surface area contributed by atoms with Gasteiger partial charge in [-0.2, -0.15) is 5.10 Å². The maximum Gasteiger partial charge on any atom is 0.277 e. The number of nitrogens with zero attached hydrogens (tertiary/aromatic N) is 2. The van der Waals surface area contributed by atoms with Gasteiger partial charge in [-0.3, -0.25) is 14.9 Å². The number of nitrogens with one attached hydrogen (secondary N) is 1. The molecule has 0 saturated carbocycles. The zero-order valence-corrected chi connectivity index (χ0v) is 15.6. The van der Waals surface area contributed by atoms with Gasteiger partial charge in [0, 0.05) is 17.7 Å². The molecule has 0 saturated heterocycles. The van der Waals surface area contributed by atoms with Gasteiger partial charge in [0.15, 0.2) is 6.61 Å². The highest BCUT2D eigenvalue weighted by atomic mass is 79.9. The van der Waals surface area contributed by atoms with Crippen molar-refractivity contribution in [3.05, 3.63) is 61.6 Å². The van der Waals surface area contributed by atoms with Gasteiger partial charge >= 0.3 is 0 Å². The Hall–Kier alpha value is -2.94. The second kappa shape index (κ2) is 8.43. The van der Waals surface area contributed by atoms with E-state index in [0.717, 1.165) is 23.4 Å². The van der Waals surface area contributed by atoms with Gasteiger partial charge in [0.05, 0.1) is 15.6 Å². The van der Waals surface area contributed by atoms with Gasteiger partial charge in [-0.15, -0.1) is 0 Å². The van der Waals surface area contributed by atoms with E-state index in [0.29, 0.717) is 5.75 Å². The van der Waals surface area contributed by atoms with Crippen LogP contribution in [0.25, 0.3) is 0 Å². The summed E-state index contributed by atoms with van der Waals surface area (Å²) in [6.07, 6.45) is 1.11. The molecule has 9 heteroatoms. The van der Waals surface area contributed by atoms with Crippen molar-refractivity contribution in [2.45, 2.75) is 13.8 Å². The maximum absolute atomic E-state index is 11.8. The highest BCUT2D eigenvalue weighted by Crippen LogP contribution is 2.31. The standard InChI is InChI=1S/C17H16BrN3O5/c1-10-4-3-5-15(11(10)2)26-9-16(22)20-19-8-12-6-13(21(24)25)7-14(18)17(12)23/h3-8,23H,9H2,1-2H3,(H,20,22)/b19-8-. The van der Waals surface area contributed by atoms with Gasteiger partial charge in [-0.25, -0.2) is 5.43 Å². The van der Waals surface area contributed by atoms with Crippen molar-refractivity contribution >= 4 is 33.7 Å². The van der Waals surface area contributed by atoms with Crippen molar-refractivity contribution in [2.75, 3.05) is 6.61 Å². The Morgan fingerprint density at radius 2 is 2.15 bits per heavy atom. The molecule has 8 nitrogen and oxygen atoms in total. The molecule has 136 valence electrons. The Labute approximate surface area is 157 Å². The number of hydrazone groups is 1. The Morgan fingerprint density at radius 3 is 2.85 bits per heavy atom. The van der Waals surface area contributed by atoms with E-state index < -0.39 is 10.8 Å². The van der Waals surface area contributed by atoms with Crippen LogP contribution < -0.4 is 10.2 Å². The fourth-order valence-electron chi connectivity index (χ4n) is 2.04. The Kier molecular flexibility index (Phi) is 6.29. The summed E-state index contributed by atoms with van der Waals surface area (Å²) in [5.41, 5.74) is 4.09. The summed E-state index contributed by atoms with van der Waals surface area (Å²) in [4.78, 5) is 22.0. The molecule has 0 heterocycles. The zero-order valence-electron chi connectivity index (χ0n) is 14.0. The quantitative estimate of drug-likeness (QED) is 0.422. The first-order valence-corrected chi connectivity index (χ1v) is 8.26. The summed E-state index contributed by atoms with van der Waals surface area (Å²) in [6.45, 7) is 3.59. The third-order valence-corrected chi connectivity index (χ3v) is 4.20. The molecule has 0 aliphatic carbocycles. The number of non-ortho nitro benzene ring substituents is 1. The molecule has 2 N–H and O–H groups in total. The van der Waals surface area contributed by atoms with E-state index in [9.17, 15) is 20.0 Å². The van der Waals surface area contributed by atoms with E-state index in [1.807, 2.05) is 26.0 Å². The van der Waals surface area contributed by atoms with Crippen molar-refractivity contribution in [3.63, 3.8) is 0 Å². The summed E-state index contributed by atoms with van der Waals surface area (Å²) >= 11 is 3.03. The van der Waals surface area contributed by atoms with Crippen LogP contribution in [-0.2, 0) is 4.79 Å². The van der Waals surface area contributed by atoms with Crippen molar-refractivity contribution in [3.8, 4) is 11.5 Å². The SMILES string of the molecule is Cc1cccc(OCC(=O)N/N=C\c2cc([N+](=O)[O-])cc(Br)c2O)c1C. The number of halogens is 1. The lowest BCUT2D eigenvalue weighted by molar-refractivity contribution is -0.385. The predicted molar refractivity (Wildman–Crippen MR) is 99.6 cm³/mol. The zero-order chi connectivity index (χ0) is 19.3. The number of phenols is 1. The molecule has 0 aliphatic heterocycles. The number of aryl methyl sites for hydroxylation is 1. The molecule has 0 fully saturated rings. The van der Waals surface area contributed by atoms with E-state index in [1.54, 1.807) is 6.07 Å². The number of hydrogen-bond acceptors (Lipinski definition) is 6. The number of nitro groups is 1. The molecule has 0 unspecified atom stereocenters. The molecule has 0 bridgehead atoms. The fraction of sp³-hybridized carbons (Fsp3) is 0.176. The second-order valence-electron chi connectivity index (χ2n) is 5.40. The highest BCUT2D eigenvalue weighted by molar-refractivity contribution is 9.10. The molecular formula is C17H16BrN3O5. The molecule has 2 rings (SSSR count). The molecule has 26 heavy (non-hydrogen) atoms. The van der Waals surface area contributed by atoms with Crippen LogP contribution in [0.15, 0.2) is 39.9 Å². The van der Waals surface area contributed by atoms with Gasteiger partial charge in [0.25, 0.3) is 11.6 Å². The highest BCUT2D eigenvalue weighted by Gasteiger charge is 2.13.